The molecule has 0 amide bonds. The highest BCUT2D eigenvalue weighted by atomic mass is 35.5. The zero-order valence-electron chi connectivity index (χ0n) is 11.4. The van der Waals surface area contributed by atoms with Gasteiger partial charge in [0.1, 0.15) is 5.15 Å². The van der Waals surface area contributed by atoms with Crippen LogP contribution in [-0.2, 0) is 7.05 Å². The van der Waals surface area contributed by atoms with Crippen LogP contribution in [0, 0.1) is 0 Å². The molecule has 1 aliphatic carbocycles. The molecule has 0 radical (unpaired) electrons. The van der Waals surface area contributed by atoms with Crippen LogP contribution in [0.2, 0.25) is 5.15 Å². The van der Waals surface area contributed by atoms with Crippen molar-refractivity contribution in [3.05, 3.63) is 63.4 Å². The second kappa shape index (κ2) is 4.43. The number of aryl methyl sites for hydroxylation is 1. The first-order valence-corrected chi connectivity index (χ1v) is 7.17. The smallest absolute Gasteiger partial charge is 0.250 e. The van der Waals surface area contributed by atoms with Gasteiger partial charge in [0.25, 0.3) is 0 Å². The third-order valence-electron chi connectivity index (χ3n) is 4.08. The van der Waals surface area contributed by atoms with Gasteiger partial charge < -0.3 is 4.57 Å². The Kier molecular flexibility index (Phi) is 2.65. The lowest BCUT2D eigenvalue weighted by Crippen LogP contribution is -2.14. The van der Waals surface area contributed by atoms with Crippen molar-refractivity contribution in [2.45, 2.75) is 18.3 Å². The molecular weight excluding hydrogens is 288 g/mol. The number of hydrogen-bond acceptors (Lipinski definition) is 3. The van der Waals surface area contributed by atoms with Crippen molar-refractivity contribution < 1.29 is 0 Å². The number of rotatable bonds is 2. The Morgan fingerprint density at radius 3 is 3.00 bits per heavy atom. The van der Waals surface area contributed by atoms with Gasteiger partial charge in [-0.2, -0.15) is 5.10 Å². The van der Waals surface area contributed by atoms with Crippen LogP contribution in [0.5, 0.6) is 0 Å². The highest BCUT2D eigenvalue weighted by Crippen LogP contribution is 2.55. The minimum Gasteiger partial charge on any atom is -0.318 e. The van der Waals surface area contributed by atoms with Crippen LogP contribution in [0.15, 0.2) is 41.6 Å². The first kappa shape index (κ1) is 12.6. The molecule has 0 aliphatic heterocycles. The Morgan fingerprint density at radius 2 is 2.19 bits per heavy atom. The SMILES string of the molecule is Cn1cc(C2CC2c2cc(Cl)nn3ccnc23)ccc1=O. The highest BCUT2D eigenvalue weighted by molar-refractivity contribution is 6.29. The second-order valence-corrected chi connectivity index (χ2v) is 5.87. The fourth-order valence-corrected chi connectivity index (χ4v) is 3.12. The van der Waals surface area contributed by atoms with E-state index in [9.17, 15) is 4.79 Å². The topological polar surface area (TPSA) is 52.2 Å². The number of imidazole rings is 1. The largest absolute Gasteiger partial charge is 0.318 e. The Morgan fingerprint density at radius 1 is 1.33 bits per heavy atom. The molecule has 0 saturated heterocycles. The summed E-state index contributed by atoms with van der Waals surface area (Å²) in [5.74, 6) is 0.795. The molecule has 4 rings (SSSR count). The monoisotopic (exact) mass is 300 g/mol. The van der Waals surface area contributed by atoms with E-state index in [-0.39, 0.29) is 5.56 Å². The fourth-order valence-electron chi connectivity index (χ4n) is 2.92. The molecular formula is C15H13ClN4O. The summed E-state index contributed by atoms with van der Waals surface area (Å²) in [6.45, 7) is 0. The summed E-state index contributed by atoms with van der Waals surface area (Å²) in [4.78, 5) is 15.8. The van der Waals surface area contributed by atoms with Gasteiger partial charge in [-0.25, -0.2) is 9.50 Å². The van der Waals surface area contributed by atoms with E-state index < -0.39 is 0 Å². The average Bonchev–Trinajstić information content (AvgIpc) is 3.11. The summed E-state index contributed by atoms with van der Waals surface area (Å²) >= 11 is 6.09. The molecule has 3 aromatic rings. The van der Waals surface area contributed by atoms with Crippen molar-refractivity contribution in [2.75, 3.05) is 0 Å². The summed E-state index contributed by atoms with van der Waals surface area (Å²) in [6.07, 6.45) is 6.49. The van der Waals surface area contributed by atoms with Crippen molar-refractivity contribution >= 4 is 17.2 Å². The second-order valence-electron chi connectivity index (χ2n) is 5.48. The lowest BCUT2D eigenvalue weighted by molar-refractivity contribution is 0.834. The maximum absolute atomic E-state index is 11.5. The van der Waals surface area contributed by atoms with Gasteiger partial charge in [0, 0.05) is 37.3 Å². The molecule has 2 atom stereocenters. The highest BCUT2D eigenvalue weighted by Gasteiger charge is 2.41. The predicted molar refractivity (Wildman–Crippen MR) is 79.8 cm³/mol. The van der Waals surface area contributed by atoms with E-state index in [2.05, 4.69) is 10.1 Å². The Balaban J connectivity index is 1.73. The van der Waals surface area contributed by atoms with Crippen molar-refractivity contribution in [3.8, 4) is 0 Å². The number of aromatic nitrogens is 4. The molecule has 0 spiro atoms. The summed E-state index contributed by atoms with van der Waals surface area (Å²) in [5.41, 5.74) is 3.17. The third kappa shape index (κ3) is 2.05. The molecule has 0 N–H and O–H groups in total. The fraction of sp³-hybridized carbons (Fsp3) is 0.267. The number of halogens is 1. The van der Waals surface area contributed by atoms with Crippen LogP contribution in [-0.4, -0.2) is 19.2 Å². The molecule has 0 bridgehead atoms. The lowest BCUT2D eigenvalue weighted by atomic mass is 10.1. The molecule has 2 unspecified atom stereocenters. The number of pyridine rings is 1. The zero-order chi connectivity index (χ0) is 14.6. The third-order valence-corrected chi connectivity index (χ3v) is 4.27. The zero-order valence-corrected chi connectivity index (χ0v) is 12.2. The molecule has 3 aromatic heterocycles. The molecule has 3 heterocycles. The number of fused-ring (bicyclic) bond motifs is 1. The maximum Gasteiger partial charge on any atom is 0.250 e. The Bertz CT molecular complexity index is 898. The van der Waals surface area contributed by atoms with E-state index in [1.54, 1.807) is 34.6 Å². The van der Waals surface area contributed by atoms with Crippen LogP contribution in [0.3, 0.4) is 0 Å². The minimum absolute atomic E-state index is 0.0125. The first-order chi connectivity index (χ1) is 10.1. The van der Waals surface area contributed by atoms with Gasteiger partial charge >= 0.3 is 0 Å². The molecule has 21 heavy (non-hydrogen) atoms. The van der Waals surface area contributed by atoms with Gasteiger partial charge in [0.2, 0.25) is 5.56 Å². The minimum atomic E-state index is 0.0125. The summed E-state index contributed by atoms with van der Waals surface area (Å²) in [5, 5.41) is 4.68. The molecule has 1 aliphatic rings. The molecule has 6 heteroatoms. The average molecular weight is 301 g/mol. The van der Waals surface area contributed by atoms with Gasteiger partial charge in [-0.3, -0.25) is 4.79 Å². The molecule has 1 saturated carbocycles. The molecule has 106 valence electrons. The van der Waals surface area contributed by atoms with E-state index in [0.717, 1.165) is 17.6 Å². The summed E-state index contributed by atoms with van der Waals surface area (Å²) < 4.78 is 3.34. The van der Waals surface area contributed by atoms with Crippen LogP contribution in [0.25, 0.3) is 5.65 Å². The van der Waals surface area contributed by atoms with Crippen molar-refractivity contribution in [1.29, 1.82) is 0 Å². The standard InChI is InChI=1S/C15H13ClN4O/c1-19-8-9(2-3-14(19)21)10-6-11(10)12-7-13(16)18-20-5-4-17-15(12)20/h2-5,7-8,10-11H,6H2,1H3. The molecule has 1 fully saturated rings. The normalized spacial score (nSPS) is 20.9. The van der Waals surface area contributed by atoms with E-state index in [1.165, 1.54) is 5.56 Å². The van der Waals surface area contributed by atoms with Crippen LogP contribution in [0.4, 0.5) is 0 Å². The number of nitrogens with zero attached hydrogens (tertiary/aromatic N) is 4. The van der Waals surface area contributed by atoms with Crippen molar-refractivity contribution in [1.82, 2.24) is 19.2 Å². The van der Waals surface area contributed by atoms with Gasteiger partial charge in [-0.05, 0) is 29.9 Å². The van der Waals surface area contributed by atoms with Crippen LogP contribution < -0.4 is 5.56 Å². The Labute approximate surface area is 125 Å². The van der Waals surface area contributed by atoms with E-state index in [4.69, 9.17) is 11.6 Å². The van der Waals surface area contributed by atoms with E-state index in [1.807, 2.05) is 18.3 Å². The predicted octanol–water partition coefficient (Wildman–Crippen LogP) is 2.35. The number of hydrogen-bond donors (Lipinski definition) is 0. The van der Waals surface area contributed by atoms with E-state index >= 15 is 0 Å². The van der Waals surface area contributed by atoms with Crippen molar-refractivity contribution in [2.24, 2.45) is 7.05 Å². The van der Waals surface area contributed by atoms with Crippen LogP contribution >= 0.6 is 11.6 Å². The molecule has 0 aromatic carbocycles. The summed E-state index contributed by atoms with van der Waals surface area (Å²) in [6, 6.07) is 5.43. The van der Waals surface area contributed by atoms with Crippen molar-refractivity contribution in [3.63, 3.8) is 0 Å². The van der Waals surface area contributed by atoms with E-state index in [0.29, 0.717) is 17.0 Å². The Hall–Kier alpha value is -2.14. The first-order valence-electron chi connectivity index (χ1n) is 6.80. The van der Waals surface area contributed by atoms with Gasteiger partial charge in [0.05, 0.1) is 0 Å². The van der Waals surface area contributed by atoms with Gasteiger partial charge in [-0.15, -0.1) is 0 Å². The molecule has 5 nitrogen and oxygen atoms in total. The lowest BCUT2D eigenvalue weighted by Gasteiger charge is -2.05. The summed E-state index contributed by atoms with van der Waals surface area (Å²) in [7, 11) is 1.78. The van der Waals surface area contributed by atoms with Crippen LogP contribution in [0.1, 0.15) is 29.4 Å². The van der Waals surface area contributed by atoms with Gasteiger partial charge in [-0.1, -0.05) is 17.7 Å². The van der Waals surface area contributed by atoms with Gasteiger partial charge in [0.15, 0.2) is 5.65 Å². The maximum atomic E-state index is 11.5. The quantitative estimate of drug-likeness (QED) is 0.730.